The van der Waals surface area contributed by atoms with Crippen LogP contribution in [0.25, 0.3) is 21.3 Å². The third kappa shape index (κ3) is 2.20. The van der Waals surface area contributed by atoms with Crippen molar-refractivity contribution < 1.29 is 13.2 Å². The van der Waals surface area contributed by atoms with Gasteiger partial charge in [0, 0.05) is 12.0 Å². The average Bonchev–Trinajstić information content (AvgIpc) is 2.96. The highest BCUT2D eigenvalue weighted by molar-refractivity contribution is 7.16. The van der Waals surface area contributed by atoms with Crippen LogP contribution in [0.3, 0.4) is 0 Å². The highest BCUT2D eigenvalue weighted by atomic mass is 32.1. The number of fused-ring (bicyclic) bond motifs is 1. The Morgan fingerprint density at radius 1 is 1.26 bits per heavy atom. The summed E-state index contributed by atoms with van der Waals surface area (Å²) in [6.07, 6.45) is -0.298. The Kier molecular flexibility index (Phi) is 2.97. The third-order valence-electron chi connectivity index (χ3n) is 4.19. The predicted molar refractivity (Wildman–Crippen MR) is 84.8 cm³/mol. The SMILES string of the molecule is Cc1cc(-c2ccccc2F)cc2sc(=O)n(C3CC3(F)F)c12. The topological polar surface area (TPSA) is 22.0 Å². The van der Waals surface area contributed by atoms with Crippen molar-refractivity contribution in [3.05, 3.63) is 57.4 Å². The van der Waals surface area contributed by atoms with Gasteiger partial charge in [0.15, 0.2) is 0 Å². The fourth-order valence-electron chi connectivity index (χ4n) is 2.98. The van der Waals surface area contributed by atoms with E-state index in [1.807, 2.05) is 0 Å². The molecule has 1 atom stereocenters. The lowest BCUT2D eigenvalue weighted by Crippen LogP contribution is -2.15. The molecule has 1 fully saturated rings. The predicted octanol–water partition coefficient (Wildman–Crippen LogP) is 4.76. The summed E-state index contributed by atoms with van der Waals surface area (Å²) in [4.78, 5) is 11.8. The van der Waals surface area contributed by atoms with Crippen LogP contribution in [-0.2, 0) is 0 Å². The first-order chi connectivity index (χ1) is 10.9. The lowest BCUT2D eigenvalue weighted by Gasteiger charge is -2.08. The number of halogens is 3. The van der Waals surface area contributed by atoms with Gasteiger partial charge in [-0.15, -0.1) is 0 Å². The fourth-order valence-corrected chi connectivity index (χ4v) is 4.03. The molecule has 1 unspecified atom stereocenters. The van der Waals surface area contributed by atoms with Gasteiger partial charge in [-0.3, -0.25) is 9.36 Å². The summed E-state index contributed by atoms with van der Waals surface area (Å²) in [6, 6.07) is 8.75. The molecule has 2 nitrogen and oxygen atoms in total. The normalized spacial score (nSPS) is 19.2. The average molecular weight is 335 g/mol. The largest absolute Gasteiger partial charge is 0.308 e. The van der Waals surface area contributed by atoms with Gasteiger partial charge in [-0.25, -0.2) is 13.2 Å². The van der Waals surface area contributed by atoms with Gasteiger partial charge in [0.05, 0.1) is 10.2 Å². The molecule has 4 rings (SSSR count). The Hall–Kier alpha value is -2.08. The zero-order chi connectivity index (χ0) is 16.4. The Morgan fingerprint density at radius 3 is 2.61 bits per heavy atom. The molecule has 118 valence electrons. The van der Waals surface area contributed by atoms with Crippen LogP contribution in [0.2, 0.25) is 0 Å². The van der Waals surface area contributed by atoms with Crippen molar-refractivity contribution >= 4 is 21.6 Å². The summed E-state index contributed by atoms with van der Waals surface area (Å²) >= 11 is 0.928. The number of nitrogens with zero attached hydrogens (tertiary/aromatic N) is 1. The molecule has 0 N–H and O–H groups in total. The van der Waals surface area contributed by atoms with Crippen LogP contribution in [-0.4, -0.2) is 10.5 Å². The molecule has 0 saturated heterocycles. The Bertz CT molecular complexity index is 989. The molecule has 1 heterocycles. The minimum Gasteiger partial charge on any atom is -0.289 e. The second-order valence-corrected chi connectivity index (χ2v) is 6.83. The maximum Gasteiger partial charge on any atom is 0.308 e. The fraction of sp³-hybridized carbons (Fsp3) is 0.235. The second-order valence-electron chi connectivity index (χ2n) is 5.84. The van der Waals surface area contributed by atoms with Gasteiger partial charge < -0.3 is 0 Å². The Balaban J connectivity index is 1.94. The summed E-state index contributed by atoms with van der Waals surface area (Å²) < 4.78 is 42.6. The molecule has 1 saturated carbocycles. The highest BCUT2D eigenvalue weighted by Crippen LogP contribution is 2.53. The van der Waals surface area contributed by atoms with E-state index in [1.54, 1.807) is 37.3 Å². The molecule has 1 aliphatic carbocycles. The molecule has 1 aromatic heterocycles. The molecule has 3 aromatic rings. The first-order valence-corrected chi connectivity index (χ1v) is 7.98. The quantitative estimate of drug-likeness (QED) is 0.662. The zero-order valence-electron chi connectivity index (χ0n) is 12.1. The van der Waals surface area contributed by atoms with Crippen LogP contribution >= 0.6 is 11.3 Å². The van der Waals surface area contributed by atoms with Crippen molar-refractivity contribution in [2.24, 2.45) is 0 Å². The monoisotopic (exact) mass is 335 g/mol. The van der Waals surface area contributed by atoms with E-state index < -0.39 is 16.8 Å². The van der Waals surface area contributed by atoms with E-state index in [9.17, 15) is 18.0 Å². The number of aromatic nitrogens is 1. The third-order valence-corrected chi connectivity index (χ3v) is 5.09. The van der Waals surface area contributed by atoms with Gasteiger partial charge in [-0.05, 0) is 36.2 Å². The van der Waals surface area contributed by atoms with Gasteiger partial charge in [-0.1, -0.05) is 29.5 Å². The minimum atomic E-state index is -2.81. The minimum absolute atomic E-state index is 0.298. The first kappa shape index (κ1) is 14.5. The molecule has 0 bridgehead atoms. The van der Waals surface area contributed by atoms with E-state index in [4.69, 9.17) is 0 Å². The number of aryl methyl sites for hydroxylation is 1. The summed E-state index contributed by atoms with van der Waals surface area (Å²) in [5.74, 6) is -3.17. The Labute approximate surface area is 133 Å². The van der Waals surface area contributed by atoms with E-state index in [1.165, 1.54) is 10.6 Å². The Morgan fingerprint density at radius 2 is 1.96 bits per heavy atom. The van der Waals surface area contributed by atoms with Gasteiger partial charge in [0.2, 0.25) is 0 Å². The van der Waals surface area contributed by atoms with E-state index >= 15 is 0 Å². The molecular weight excluding hydrogens is 323 g/mol. The van der Waals surface area contributed by atoms with E-state index in [0.29, 0.717) is 26.9 Å². The van der Waals surface area contributed by atoms with Crippen molar-refractivity contribution in [1.82, 2.24) is 4.57 Å². The lowest BCUT2D eigenvalue weighted by atomic mass is 10.0. The maximum absolute atomic E-state index is 14.0. The number of hydrogen-bond donors (Lipinski definition) is 0. The van der Waals surface area contributed by atoms with Crippen molar-refractivity contribution in [3.63, 3.8) is 0 Å². The zero-order valence-corrected chi connectivity index (χ0v) is 13.0. The maximum atomic E-state index is 14.0. The van der Waals surface area contributed by atoms with Crippen molar-refractivity contribution in [2.45, 2.75) is 25.3 Å². The molecule has 0 aliphatic heterocycles. The van der Waals surface area contributed by atoms with Crippen LogP contribution in [0.1, 0.15) is 18.0 Å². The molecule has 6 heteroatoms. The van der Waals surface area contributed by atoms with Crippen molar-refractivity contribution in [3.8, 4) is 11.1 Å². The van der Waals surface area contributed by atoms with Crippen LogP contribution in [0.4, 0.5) is 13.2 Å². The molecule has 0 amide bonds. The van der Waals surface area contributed by atoms with Crippen LogP contribution in [0, 0.1) is 12.7 Å². The lowest BCUT2D eigenvalue weighted by molar-refractivity contribution is 0.101. The number of alkyl halides is 2. The standard InChI is InChI=1S/C17H12F3NOS/c1-9-6-10(11-4-2-3-5-12(11)18)7-13-15(9)21(16(22)23-13)14-8-17(14,19)20/h2-7,14H,8H2,1H3. The molecular formula is C17H12F3NOS. The number of thiazole rings is 1. The molecule has 23 heavy (non-hydrogen) atoms. The number of benzene rings is 2. The van der Waals surface area contributed by atoms with E-state index in [0.717, 1.165) is 11.3 Å². The second kappa shape index (κ2) is 4.71. The van der Waals surface area contributed by atoms with Gasteiger partial charge in [-0.2, -0.15) is 0 Å². The molecule has 0 radical (unpaired) electrons. The van der Waals surface area contributed by atoms with Crippen LogP contribution in [0.5, 0.6) is 0 Å². The summed E-state index contributed by atoms with van der Waals surface area (Å²) in [5, 5.41) is 0. The van der Waals surface area contributed by atoms with Crippen molar-refractivity contribution in [2.75, 3.05) is 0 Å². The summed E-state index contributed by atoms with van der Waals surface area (Å²) in [7, 11) is 0. The molecule has 0 spiro atoms. The van der Waals surface area contributed by atoms with Gasteiger partial charge >= 0.3 is 4.87 Å². The molecule has 1 aliphatic rings. The number of rotatable bonds is 2. The van der Waals surface area contributed by atoms with E-state index in [-0.39, 0.29) is 12.2 Å². The van der Waals surface area contributed by atoms with E-state index in [2.05, 4.69) is 0 Å². The summed E-state index contributed by atoms with van der Waals surface area (Å²) in [5.41, 5.74) is 2.30. The van der Waals surface area contributed by atoms with Crippen LogP contribution in [0.15, 0.2) is 41.2 Å². The van der Waals surface area contributed by atoms with Gasteiger partial charge in [0.1, 0.15) is 11.9 Å². The van der Waals surface area contributed by atoms with Crippen molar-refractivity contribution in [1.29, 1.82) is 0 Å². The summed E-state index contributed by atoms with van der Waals surface area (Å²) in [6.45, 7) is 1.76. The molecule has 2 aromatic carbocycles. The van der Waals surface area contributed by atoms with Crippen LogP contribution < -0.4 is 4.87 Å². The highest BCUT2D eigenvalue weighted by Gasteiger charge is 2.59. The first-order valence-electron chi connectivity index (χ1n) is 7.17. The number of hydrogen-bond acceptors (Lipinski definition) is 2. The van der Waals surface area contributed by atoms with Gasteiger partial charge in [0.25, 0.3) is 5.92 Å². The smallest absolute Gasteiger partial charge is 0.289 e.